The topological polar surface area (TPSA) is 93.4 Å². The summed E-state index contributed by atoms with van der Waals surface area (Å²) in [6.07, 6.45) is 1.49. The van der Waals surface area contributed by atoms with Crippen molar-refractivity contribution in [3.8, 4) is 0 Å². The van der Waals surface area contributed by atoms with E-state index in [1.807, 2.05) is 13.8 Å². The fraction of sp³-hybridized carbons (Fsp3) is 0.421. The molecule has 0 radical (unpaired) electrons. The van der Waals surface area contributed by atoms with Crippen molar-refractivity contribution in [1.29, 1.82) is 0 Å². The third-order valence-electron chi connectivity index (χ3n) is 3.86. The summed E-state index contributed by atoms with van der Waals surface area (Å²) in [4.78, 5) is 22.5. The molecular formula is C19H27N5O2. The second kappa shape index (κ2) is 9.03. The number of carbonyl (C=O) groups is 1. The van der Waals surface area contributed by atoms with Gasteiger partial charge in [0, 0.05) is 18.8 Å². The molecule has 0 unspecified atom stereocenters. The summed E-state index contributed by atoms with van der Waals surface area (Å²) in [5, 5.41) is 3.18. The lowest BCUT2D eigenvalue weighted by molar-refractivity contribution is 0.0459. The minimum Gasteiger partial charge on any atom is -0.462 e. The van der Waals surface area contributed by atoms with Gasteiger partial charge in [0.15, 0.2) is 11.6 Å². The summed E-state index contributed by atoms with van der Waals surface area (Å²) in [5.74, 6) is 1.23. The Hall–Kier alpha value is -2.83. The molecule has 0 amide bonds. The number of hydrogen-bond donors (Lipinski definition) is 2. The first-order chi connectivity index (χ1) is 12.5. The van der Waals surface area contributed by atoms with Crippen LogP contribution in [0.2, 0.25) is 0 Å². The van der Waals surface area contributed by atoms with Crippen LogP contribution >= 0.6 is 0 Å². The molecule has 7 nitrogen and oxygen atoms in total. The monoisotopic (exact) mass is 357 g/mol. The number of ether oxygens (including phenoxy) is 1. The number of benzene rings is 1. The Kier molecular flexibility index (Phi) is 6.77. The van der Waals surface area contributed by atoms with Crippen molar-refractivity contribution in [2.24, 2.45) is 5.92 Å². The molecule has 1 heterocycles. The number of anilines is 4. The Bertz CT molecular complexity index is 727. The average Bonchev–Trinajstić information content (AvgIpc) is 2.64. The largest absolute Gasteiger partial charge is 0.462 e. The van der Waals surface area contributed by atoms with Crippen LogP contribution in [-0.2, 0) is 4.74 Å². The number of rotatable bonds is 8. The van der Waals surface area contributed by atoms with E-state index in [4.69, 9.17) is 10.5 Å². The summed E-state index contributed by atoms with van der Waals surface area (Å²) in [7, 11) is 0. The first-order valence-electron chi connectivity index (χ1n) is 8.85. The maximum Gasteiger partial charge on any atom is 0.338 e. The van der Waals surface area contributed by atoms with Gasteiger partial charge in [-0.2, -0.15) is 0 Å². The molecule has 0 bridgehead atoms. The fourth-order valence-corrected chi connectivity index (χ4v) is 2.41. The zero-order chi connectivity index (χ0) is 19.1. The number of carbonyl (C=O) groups excluding carboxylic acids is 1. The third kappa shape index (κ3) is 4.84. The van der Waals surface area contributed by atoms with Crippen LogP contribution in [0.3, 0.4) is 0 Å². The predicted octanol–water partition coefficient (Wildman–Crippen LogP) is 3.46. The van der Waals surface area contributed by atoms with Crippen molar-refractivity contribution in [3.63, 3.8) is 0 Å². The van der Waals surface area contributed by atoms with Gasteiger partial charge in [0.2, 0.25) is 0 Å². The maximum absolute atomic E-state index is 12.0. The predicted molar refractivity (Wildman–Crippen MR) is 105 cm³/mol. The summed E-state index contributed by atoms with van der Waals surface area (Å²) in [6.45, 7) is 10.1. The minimum absolute atomic E-state index is 0.306. The normalized spacial score (nSPS) is 10.7. The lowest BCUT2D eigenvalue weighted by Crippen LogP contribution is -2.24. The van der Waals surface area contributed by atoms with Crippen LogP contribution < -0.4 is 16.0 Å². The second-order valence-electron chi connectivity index (χ2n) is 6.33. The molecule has 0 spiro atoms. The highest BCUT2D eigenvalue weighted by Gasteiger charge is 2.13. The molecule has 2 aromatic rings. The number of aromatic nitrogens is 2. The number of nitrogen functional groups attached to an aromatic ring is 1. The van der Waals surface area contributed by atoms with E-state index >= 15 is 0 Å². The molecule has 0 aliphatic carbocycles. The first kappa shape index (κ1) is 19.5. The summed E-state index contributed by atoms with van der Waals surface area (Å²) < 4.78 is 5.23. The van der Waals surface area contributed by atoms with Crippen LogP contribution in [0, 0.1) is 5.92 Å². The summed E-state index contributed by atoms with van der Waals surface area (Å²) in [6, 6.07) is 7.02. The second-order valence-corrected chi connectivity index (χ2v) is 6.33. The quantitative estimate of drug-likeness (QED) is 0.699. The van der Waals surface area contributed by atoms with Gasteiger partial charge in [0.05, 0.1) is 12.2 Å². The molecule has 1 aromatic heterocycles. The van der Waals surface area contributed by atoms with Gasteiger partial charge in [-0.05, 0) is 44.0 Å². The zero-order valence-corrected chi connectivity index (χ0v) is 15.8. The van der Waals surface area contributed by atoms with Gasteiger partial charge in [-0.15, -0.1) is 0 Å². The van der Waals surface area contributed by atoms with Gasteiger partial charge in [0.1, 0.15) is 12.0 Å². The molecule has 1 aromatic carbocycles. The average molecular weight is 357 g/mol. The van der Waals surface area contributed by atoms with Crippen LogP contribution in [0.5, 0.6) is 0 Å². The minimum atomic E-state index is -0.324. The Morgan fingerprint density at radius 1 is 1.19 bits per heavy atom. The highest BCUT2D eigenvalue weighted by Crippen LogP contribution is 2.28. The lowest BCUT2D eigenvalue weighted by Gasteiger charge is -2.22. The zero-order valence-electron chi connectivity index (χ0n) is 15.8. The molecule has 0 saturated heterocycles. The Labute approximate surface area is 154 Å². The third-order valence-corrected chi connectivity index (χ3v) is 3.86. The summed E-state index contributed by atoms with van der Waals surface area (Å²) >= 11 is 0. The van der Waals surface area contributed by atoms with Gasteiger partial charge in [-0.3, -0.25) is 0 Å². The molecule has 7 heteroatoms. The Morgan fingerprint density at radius 3 is 2.42 bits per heavy atom. The smallest absolute Gasteiger partial charge is 0.338 e. The van der Waals surface area contributed by atoms with Gasteiger partial charge >= 0.3 is 5.97 Å². The standard InChI is InChI=1S/C19H27N5O2/c1-5-24(6-2)18-16(20)17(21-12-22-18)23-15-9-7-14(8-10-15)19(25)26-11-13(3)4/h7-10,12-13H,5-6,11,20H2,1-4H3,(H,21,22,23). The number of hydrogen-bond acceptors (Lipinski definition) is 7. The van der Waals surface area contributed by atoms with E-state index in [1.165, 1.54) is 6.33 Å². The van der Waals surface area contributed by atoms with E-state index in [9.17, 15) is 4.79 Å². The molecule has 0 fully saturated rings. The van der Waals surface area contributed by atoms with E-state index in [2.05, 4.69) is 34.0 Å². The number of esters is 1. The van der Waals surface area contributed by atoms with Crippen LogP contribution in [0.4, 0.5) is 23.0 Å². The summed E-state index contributed by atoms with van der Waals surface area (Å²) in [5.41, 5.74) is 8.01. The number of nitrogens with two attached hydrogens (primary N) is 1. The molecule has 0 saturated carbocycles. The van der Waals surface area contributed by atoms with Gasteiger partial charge < -0.3 is 20.7 Å². The van der Waals surface area contributed by atoms with Crippen molar-refractivity contribution in [3.05, 3.63) is 36.2 Å². The SMILES string of the molecule is CCN(CC)c1ncnc(Nc2ccc(C(=O)OCC(C)C)cc2)c1N. The van der Waals surface area contributed by atoms with Crippen molar-refractivity contribution in [2.75, 3.05) is 35.6 Å². The molecule has 3 N–H and O–H groups in total. The van der Waals surface area contributed by atoms with E-state index in [-0.39, 0.29) is 5.97 Å². The van der Waals surface area contributed by atoms with Crippen molar-refractivity contribution in [1.82, 2.24) is 9.97 Å². The van der Waals surface area contributed by atoms with Crippen LogP contribution in [0.25, 0.3) is 0 Å². The van der Waals surface area contributed by atoms with Gasteiger partial charge in [-0.1, -0.05) is 13.8 Å². The van der Waals surface area contributed by atoms with Crippen molar-refractivity contribution < 1.29 is 9.53 Å². The van der Waals surface area contributed by atoms with Gasteiger partial charge in [-0.25, -0.2) is 14.8 Å². The Morgan fingerprint density at radius 2 is 1.85 bits per heavy atom. The molecule has 26 heavy (non-hydrogen) atoms. The Balaban J connectivity index is 2.12. The number of nitrogens with zero attached hydrogens (tertiary/aromatic N) is 3. The number of nitrogens with one attached hydrogen (secondary N) is 1. The van der Waals surface area contributed by atoms with Crippen molar-refractivity contribution in [2.45, 2.75) is 27.7 Å². The molecular weight excluding hydrogens is 330 g/mol. The molecule has 140 valence electrons. The van der Waals surface area contributed by atoms with E-state index in [0.717, 1.165) is 18.8 Å². The van der Waals surface area contributed by atoms with E-state index < -0.39 is 0 Å². The van der Waals surface area contributed by atoms with Gasteiger partial charge in [0.25, 0.3) is 0 Å². The van der Waals surface area contributed by atoms with Crippen LogP contribution in [-0.4, -0.2) is 35.6 Å². The fourth-order valence-electron chi connectivity index (χ4n) is 2.41. The van der Waals surface area contributed by atoms with Crippen LogP contribution in [0.15, 0.2) is 30.6 Å². The van der Waals surface area contributed by atoms with E-state index in [0.29, 0.717) is 35.4 Å². The molecule has 0 atom stereocenters. The first-order valence-corrected chi connectivity index (χ1v) is 8.85. The maximum atomic E-state index is 12.0. The molecule has 2 rings (SSSR count). The highest BCUT2D eigenvalue weighted by molar-refractivity contribution is 5.90. The van der Waals surface area contributed by atoms with E-state index in [1.54, 1.807) is 24.3 Å². The van der Waals surface area contributed by atoms with Crippen LogP contribution in [0.1, 0.15) is 38.1 Å². The molecule has 0 aliphatic heterocycles. The van der Waals surface area contributed by atoms with Crippen molar-refractivity contribution >= 4 is 29.0 Å². The molecule has 0 aliphatic rings. The lowest BCUT2D eigenvalue weighted by atomic mass is 10.2. The highest BCUT2D eigenvalue weighted by atomic mass is 16.5.